The molecule has 0 radical (unpaired) electrons. The average molecular weight is 403 g/mol. The molecule has 1 aromatic carbocycles. The van der Waals surface area contributed by atoms with Crippen LogP contribution in [0.4, 0.5) is 0 Å². The number of hydrogen-bond donors (Lipinski definition) is 2. The Morgan fingerprint density at radius 2 is 2.05 bits per heavy atom. The fourth-order valence-electron chi connectivity index (χ4n) is 2.44. The Kier molecular flexibility index (Phi) is 7.45. The van der Waals surface area contributed by atoms with E-state index >= 15 is 0 Å². The Morgan fingerprint density at radius 3 is 2.62 bits per heavy atom. The van der Waals surface area contributed by atoms with Crippen molar-refractivity contribution in [3.05, 3.63) is 35.9 Å². The van der Waals surface area contributed by atoms with Crippen molar-refractivity contribution in [2.24, 2.45) is 16.1 Å². The van der Waals surface area contributed by atoms with E-state index in [0.29, 0.717) is 18.0 Å². The molecule has 5 heteroatoms. The minimum atomic E-state index is 0. The van der Waals surface area contributed by atoms with Gasteiger partial charge in [-0.1, -0.05) is 30.3 Å². The largest absolute Gasteiger partial charge is 0.383 e. The maximum Gasteiger partial charge on any atom is 0.188 e. The minimum absolute atomic E-state index is 0. The van der Waals surface area contributed by atoms with Crippen LogP contribution < -0.4 is 11.1 Å². The number of nitrogens with one attached hydrogen (secondary N) is 1. The molecule has 0 heterocycles. The van der Waals surface area contributed by atoms with Crippen LogP contribution in [0.3, 0.4) is 0 Å². The van der Waals surface area contributed by atoms with Crippen LogP contribution >= 0.6 is 24.0 Å². The molecule has 0 spiro atoms. The number of nitrogens with two attached hydrogens (primary N) is 1. The predicted octanol–water partition coefficient (Wildman–Crippen LogP) is 2.57. The van der Waals surface area contributed by atoms with Crippen molar-refractivity contribution in [2.45, 2.75) is 32.2 Å². The second kappa shape index (κ2) is 8.58. The van der Waals surface area contributed by atoms with Crippen LogP contribution in [0.1, 0.15) is 25.3 Å². The second-order valence-corrected chi connectivity index (χ2v) is 5.86. The van der Waals surface area contributed by atoms with Crippen LogP contribution in [-0.2, 0) is 11.2 Å². The lowest BCUT2D eigenvalue weighted by Gasteiger charge is -2.16. The molecule has 21 heavy (non-hydrogen) atoms. The van der Waals surface area contributed by atoms with E-state index in [-0.39, 0.29) is 30.0 Å². The number of halogens is 1. The third-order valence-electron chi connectivity index (χ3n) is 3.77. The molecule has 1 fully saturated rings. The molecule has 0 amide bonds. The van der Waals surface area contributed by atoms with Crippen LogP contribution in [-0.4, -0.2) is 32.3 Å². The van der Waals surface area contributed by atoms with Gasteiger partial charge in [-0.05, 0) is 37.2 Å². The van der Waals surface area contributed by atoms with Crippen molar-refractivity contribution in [1.82, 2.24) is 5.32 Å². The first-order valence-electron chi connectivity index (χ1n) is 7.23. The first-order valence-corrected chi connectivity index (χ1v) is 7.23. The monoisotopic (exact) mass is 403 g/mol. The van der Waals surface area contributed by atoms with Crippen LogP contribution in [0.5, 0.6) is 0 Å². The number of ether oxygens (including phenoxy) is 1. The standard InChI is InChI=1S/C16H25N3O.HI/c1-13(11-20-2)19-15(17)18-12-16(8-9-16)10-14-6-4-3-5-7-14;/h3-7,13H,8-12H2,1-2H3,(H3,17,18,19);1H. The van der Waals surface area contributed by atoms with Gasteiger partial charge in [-0.2, -0.15) is 0 Å². The molecule has 1 aliphatic carbocycles. The summed E-state index contributed by atoms with van der Waals surface area (Å²) < 4.78 is 5.07. The van der Waals surface area contributed by atoms with Crippen molar-refractivity contribution in [1.29, 1.82) is 0 Å². The molecule has 118 valence electrons. The maximum atomic E-state index is 5.92. The van der Waals surface area contributed by atoms with Gasteiger partial charge in [0.1, 0.15) is 0 Å². The number of hydrogen-bond acceptors (Lipinski definition) is 2. The summed E-state index contributed by atoms with van der Waals surface area (Å²) in [5.74, 6) is 0.522. The van der Waals surface area contributed by atoms with Crippen LogP contribution in [0, 0.1) is 5.41 Å². The van der Waals surface area contributed by atoms with Gasteiger partial charge in [-0.25, -0.2) is 0 Å². The van der Waals surface area contributed by atoms with E-state index in [0.717, 1.165) is 13.0 Å². The summed E-state index contributed by atoms with van der Waals surface area (Å²) in [5, 5.41) is 3.15. The molecule has 0 aromatic heterocycles. The molecule has 2 rings (SSSR count). The van der Waals surface area contributed by atoms with Crippen molar-refractivity contribution in [3.63, 3.8) is 0 Å². The Balaban J connectivity index is 0.00000220. The summed E-state index contributed by atoms with van der Waals surface area (Å²) in [5.41, 5.74) is 7.64. The summed E-state index contributed by atoms with van der Waals surface area (Å²) in [7, 11) is 1.69. The van der Waals surface area contributed by atoms with Crippen molar-refractivity contribution < 1.29 is 4.74 Å². The number of methoxy groups -OCH3 is 1. The summed E-state index contributed by atoms with van der Waals surface area (Å²) >= 11 is 0. The highest BCUT2D eigenvalue weighted by molar-refractivity contribution is 14.0. The Hall–Kier alpha value is -0.820. The predicted molar refractivity (Wildman–Crippen MR) is 98.2 cm³/mol. The van der Waals surface area contributed by atoms with E-state index in [2.05, 4.69) is 40.6 Å². The first kappa shape index (κ1) is 18.2. The zero-order valence-electron chi connectivity index (χ0n) is 12.8. The molecular weight excluding hydrogens is 377 g/mol. The number of benzene rings is 1. The molecule has 4 nitrogen and oxygen atoms in total. The van der Waals surface area contributed by atoms with Crippen molar-refractivity contribution in [3.8, 4) is 0 Å². The van der Waals surface area contributed by atoms with Gasteiger partial charge in [-0.15, -0.1) is 24.0 Å². The van der Waals surface area contributed by atoms with Crippen molar-refractivity contribution in [2.75, 3.05) is 20.3 Å². The van der Waals surface area contributed by atoms with Gasteiger partial charge in [0.25, 0.3) is 0 Å². The molecule has 0 aliphatic heterocycles. The second-order valence-electron chi connectivity index (χ2n) is 5.86. The SMILES string of the molecule is COCC(C)NC(N)=NCC1(Cc2ccccc2)CC1.I. The highest BCUT2D eigenvalue weighted by Crippen LogP contribution is 2.48. The zero-order valence-corrected chi connectivity index (χ0v) is 15.2. The molecule has 1 unspecified atom stereocenters. The maximum absolute atomic E-state index is 5.92. The van der Waals surface area contributed by atoms with E-state index in [4.69, 9.17) is 10.5 Å². The number of rotatable bonds is 7. The van der Waals surface area contributed by atoms with E-state index in [9.17, 15) is 0 Å². The van der Waals surface area contributed by atoms with E-state index < -0.39 is 0 Å². The van der Waals surface area contributed by atoms with Crippen molar-refractivity contribution >= 4 is 29.9 Å². The minimum Gasteiger partial charge on any atom is -0.383 e. The molecule has 0 bridgehead atoms. The van der Waals surface area contributed by atoms with E-state index in [1.165, 1.54) is 18.4 Å². The van der Waals surface area contributed by atoms with E-state index in [1.807, 2.05) is 6.92 Å². The highest BCUT2D eigenvalue weighted by atomic mass is 127. The quantitative estimate of drug-likeness (QED) is 0.418. The Bertz CT molecular complexity index is 446. The fourth-order valence-corrected chi connectivity index (χ4v) is 2.44. The van der Waals surface area contributed by atoms with Gasteiger partial charge >= 0.3 is 0 Å². The van der Waals surface area contributed by atoms with Crippen LogP contribution in [0.15, 0.2) is 35.3 Å². The van der Waals surface area contributed by atoms with Gasteiger partial charge < -0.3 is 15.8 Å². The van der Waals surface area contributed by atoms with Gasteiger partial charge in [0, 0.05) is 19.7 Å². The van der Waals surface area contributed by atoms with Crippen LogP contribution in [0.25, 0.3) is 0 Å². The third kappa shape index (κ3) is 6.22. The summed E-state index contributed by atoms with van der Waals surface area (Å²) in [6.45, 7) is 3.47. The Morgan fingerprint density at radius 1 is 1.38 bits per heavy atom. The fraction of sp³-hybridized carbons (Fsp3) is 0.562. The van der Waals surface area contributed by atoms with E-state index in [1.54, 1.807) is 7.11 Å². The van der Waals surface area contributed by atoms with Gasteiger partial charge in [0.05, 0.1) is 6.61 Å². The number of aliphatic imine (C=N–C) groups is 1. The number of guanidine groups is 1. The van der Waals surface area contributed by atoms with Gasteiger partial charge in [0.15, 0.2) is 5.96 Å². The number of nitrogens with zero attached hydrogens (tertiary/aromatic N) is 1. The summed E-state index contributed by atoms with van der Waals surface area (Å²) in [4.78, 5) is 4.50. The van der Waals surface area contributed by atoms with Gasteiger partial charge in [0.2, 0.25) is 0 Å². The molecule has 3 N–H and O–H groups in total. The highest BCUT2D eigenvalue weighted by Gasteiger charge is 2.42. The van der Waals surface area contributed by atoms with Crippen LogP contribution in [0.2, 0.25) is 0 Å². The smallest absolute Gasteiger partial charge is 0.188 e. The Labute approximate surface area is 144 Å². The summed E-state index contributed by atoms with van der Waals surface area (Å²) in [6.07, 6.45) is 3.58. The normalized spacial score (nSPS) is 17.7. The lowest BCUT2D eigenvalue weighted by atomic mass is 9.97. The molecule has 1 atom stereocenters. The lowest BCUT2D eigenvalue weighted by molar-refractivity contribution is 0.179. The zero-order chi connectivity index (χ0) is 14.4. The average Bonchev–Trinajstić information content (AvgIpc) is 3.18. The topological polar surface area (TPSA) is 59.6 Å². The molecule has 1 aliphatic rings. The molecule has 0 saturated heterocycles. The molecule has 1 aromatic rings. The summed E-state index contributed by atoms with van der Waals surface area (Å²) in [6, 6.07) is 10.8. The molecule has 1 saturated carbocycles. The molecular formula is C16H26IN3O. The third-order valence-corrected chi connectivity index (χ3v) is 3.77. The van der Waals surface area contributed by atoms with Gasteiger partial charge in [-0.3, -0.25) is 4.99 Å². The lowest BCUT2D eigenvalue weighted by Crippen LogP contribution is -2.41. The first-order chi connectivity index (χ1) is 9.63.